The van der Waals surface area contributed by atoms with Gasteiger partial charge in [-0.25, -0.2) is 0 Å². The second-order valence-corrected chi connectivity index (χ2v) is 3.09. The van der Waals surface area contributed by atoms with Crippen molar-refractivity contribution in [3.63, 3.8) is 0 Å². The first-order chi connectivity index (χ1) is 6.00. The summed E-state index contributed by atoms with van der Waals surface area (Å²) in [5.41, 5.74) is 0. The van der Waals surface area contributed by atoms with Crippen molar-refractivity contribution in [1.29, 1.82) is 0 Å². The minimum absolute atomic E-state index is 0.00231. The van der Waals surface area contributed by atoms with Crippen molar-refractivity contribution >= 4 is 29.2 Å². The topological polar surface area (TPSA) is 62.1 Å². The number of halogens is 2. The van der Waals surface area contributed by atoms with Gasteiger partial charge in [0.25, 0.3) is 0 Å². The molecule has 13 heavy (non-hydrogen) atoms. The van der Waals surface area contributed by atoms with Gasteiger partial charge in [0.2, 0.25) is 16.5 Å². The molecule has 72 valence electrons. The van der Waals surface area contributed by atoms with Crippen molar-refractivity contribution in [2.45, 2.75) is 13.2 Å². The molecule has 1 heterocycles. The summed E-state index contributed by atoms with van der Waals surface area (Å²) in [5, 5.41) is 9.20. The van der Waals surface area contributed by atoms with E-state index in [2.05, 4.69) is 15.0 Å². The van der Waals surface area contributed by atoms with Crippen LogP contribution < -0.4 is 4.90 Å². The maximum atomic E-state index is 9.20. The predicted molar refractivity (Wildman–Crippen MR) is 49.9 cm³/mol. The fourth-order valence-electron chi connectivity index (χ4n) is 0.641. The van der Waals surface area contributed by atoms with E-state index in [1.807, 2.05) is 0 Å². The van der Waals surface area contributed by atoms with Crippen LogP contribution in [0.3, 0.4) is 0 Å². The SMILES string of the molecule is CC(O)N(C)c1nc(Cl)nc(Cl)n1. The van der Waals surface area contributed by atoms with Crippen LogP contribution in [-0.4, -0.2) is 33.3 Å². The lowest BCUT2D eigenvalue weighted by molar-refractivity contribution is 0.193. The van der Waals surface area contributed by atoms with E-state index in [1.165, 1.54) is 4.90 Å². The third kappa shape index (κ3) is 2.65. The highest BCUT2D eigenvalue weighted by Crippen LogP contribution is 2.13. The van der Waals surface area contributed by atoms with E-state index in [9.17, 15) is 5.11 Å². The fourth-order valence-corrected chi connectivity index (χ4v) is 0.996. The Morgan fingerprint density at radius 2 is 1.69 bits per heavy atom. The zero-order valence-corrected chi connectivity index (χ0v) is 8.58. The molecular weight excluding hydrogens is 215 g/mol. The van der Waals surface area contributed by atoms with Crippen molar-refractivity contribution < 1.29 is 5.11 Å². The molecule has 0 saturated heterocycles. The molecule has 0 aromatic carbocycles. The van der Waals surface area contributed by atoms with Crippen LogP contribution in [0.25, 0.3) is 0 Å². The average molecular weight is 223 g/mol. The van der Waals surface area contributed by atoms with Gasteiger partial charge < -0.3 is 10.0 Å². The molecule has 0 saturated carbocycles. The summed E-state index contributed by atoms with van der Waals surface area (Å²) in [6.45, 7) is 1.57. The molecule has 0 amide bonds. The quantitative estimate of drug-likeness (QED) is 0.756. The standard InChI is InChI=1S/C6H8Cl2N4O/c1-3(13)12(2)6-10-4(7)9-5(8)11-6/h3,13H,1-2H3. The molecular formula is C6H8Cl2N4O. The summed E-state index contributed by atoms with van der Waals surface area (Å²) in [6, 6.07) is 0. The van der Waals surface area contributed by atoms with Crippen LogP contribution in [-0.2, 0) is 0 Å². The lowest BCUT2D eigenvalue weighted by atomic mass is 10.6. The molecule has 0 bridgehead atoms. The Morgan fingerprint density at radius 3 is 2.08 bits per heavy atom. The van der Waals surface area contributed by atoms with Gasteiger partial charge in [-0.1, -0.05) is 0 Å². The molecule has 0 aliphatic heterocycles. The molecule has 1 atom stereocenters. The Balaban J connectivity index is 3.01. The molecule has 0 aliphatic rings. The predicted octanol–water partition coefficient (Wildman–Crippen LogP) is 0.953. The fraction of sp³-hybridized carbons (Fsp3) is 0.500. The number of aromatic nitrogens is 3. The van der Waals surface area contributed by atoms with Crippen LogP contribution >= 0.6 is 23.2 Å². The number of hydrogen-bond donors (Lipinski definition) is 1. The lowest BCUT2D eigenvalue weighted by Gasteiger charge is -2.19. The van der Waals surface area contributed by atoms with Gasteiger partial charge in [0.05, 0.1) is 0 Å². The zero-order chi connectivity index (χ0) is 10.0. The summed E-state index contributed by atoms with van der Waals surface area (Å²) in [7, 11) is 1.62. The largest absolute Gasteiger partial charge is 0.374 e. The highest BCUT2D eigenvalue weighted by atomic mass is 35.5. The summed E-state index contributed by atoms with van der Waals surface area (Å²) in [4.78, 5) is 12.6. The highest BCUT2D eigenvalue weighted by molar-refractivity contribution is 6.31. The number of aliphatic hydroxyl groups is 1. The van der Waals surface area contributed by atoms with Crippen LogP contribution in [0, 0.1) is 0 Å². The van der Waals surface area contributed by atoms with Gasteiger partial charge in [-0.3, -0.25) is 0 Å². The molecule has 0 fully saturated rings. The molecule has 0 spiro atoms. The van der Waals surface area contributed by atoms with E-state index >= 15 is 0 Å². The van der Waals surface area contributed by atoms with Crippen LogP contribution in [0.5, 0.6) is 0 Å². The van der Waals surface area contributed by atoms with Crippen molar-refractivity contribution in [1.82, 2.24) is 15.0 Å². The van der Waals surface area contributed by atoms with Crippen molar-refractivity contribution in [2.75, 3.05) is 11.9 Å². The molecule has 5 nitrogen and oxygen atoms in total. The summed E-state index contributed by atoms with van der Waals surface area (Å²) in [6.07, 6.45) is -0.713. The van der Waals surface area contributed by atoms with Crippen molar-refractivity contribution in [2.24, 2.45) is 0 Å². The Morgan fingerprint density at radius 1 is 1.23 bits per heavy atom. The molecule has 7 heteroatoms. The Kier molecular flexibility index (Phi) is 3.24. The van der Waals surface area contributed by atoms with E-state index < -0.39 is 6.23 Å². The minimum Gasteiger partial charge on any atom is -0.374 e. The maximum Gasteiger partial charge on any atom is 0.232 e. The minimum atomic E-state index is -0.713. The molecule has 1 N–H and O–H groups in total. The van der Waals surface area contributed by atoms with Crippen LogP contribution in [0.15, 0.2) is 0 Å². The van der Waals surface area contributed by atoms with Gasteiger partial charge in [0.15, 0.2) is 0 Å². The van der Waals surface area contributed by atoms with E-state index in [0.29, 0.717) is 0 Å². The van der Waals surface area contributed by atoms with E-state index in [4.69, 9.17) is 23.2 Å². The smallest absolute Gasteiger partial charge is 0.232 e. The number of aliphatic hydroxyl groups excluding tert-OH is 1. The van der Waals surface area contributed by atoms with E-state index in [0.717, 1.165) is 0 Å². The first-order valence-corrected chi connectivity index (χ1v) is 4.24. The Bertz CT molecular complexity index is 286. The lowest BCUT2D eigenvalue weighted by Crippen LogP contribution is -2.30. The van der Waals surface area contributed by atoms with Crippen LogP contribution in [0.4, 0.5) is 5.95 Å². The van der Waals surface area contributed by atoms with E-state index in [1.54, 1.807) is 14.0 Å². The van der Waals surface area contributed by atoms with Crippen molar-refractivity contribution in [3.05, 3.63) is 10.6 Å². The van der Waals surface area contributed by atoms with Crippen LogP contribution in [0.2, 0.25) is 10.6 Å². The molecule has 1 aromatic heterocycles. The number of anilines is 1. The van der Waals surface area contributed by atoms with Gasteiger partial charge in [-0.15, -0.1) is 0 Å². The van der Waals surface area contributed by atoms with Crippen molar-refractivity contribution in [3.8, 4) is 0 Å². The summed E-state index contributed by atoms with van der Waals surface area (Å²) < 4.78 is 0. The number of rotatable bonds is 2. The average Bonchev–Trinajstić information content (AvgIpc) is 2.01. The molecule has 1 unspecified atom stereocenters. The molecule has 0 radical (unpaired) electrons. The Labute approximate surface area is 85.3 Å². The van der Waals surface area contributed by atoms with Gasteiger partial charge in [0, 0.05) is 7.05 Å². The van der Waals surface area contributed by atoms with Gasteiger partial charge in [-0.05, 0) is 30.1 Å². The second-order valence-electron chi connectivity index (χ2n) is 2.42. The molecule has 0 aliphatic carbocycles. The maximum absolute atomic E-state index is 9.20. The van der Waals surface area contributed by atoms with Gasteiger partial charge in [0.1, 0.15) is 6.23 Å². The first kappa shape index (κ1) is 10.4. The number of hydrogen-bond acceptors (Lipinski definition) is 5. The third-order valence-corrected chi connectivity index (χ3v) is 1.78. The highest BCUT2D eigenvalue weighted by Gasteiger charge is 2.11. The number of nitrogens with zero attached hydrogens (tertiary/aromatic N) is 4. The third-order valence-electron chi connectivity index (χ3n) is 1.45. The summed E-state index contributed by atoms with van der Waals surface area (Å²) >= 11 is 11.1. The van der Waals surface area contributed by atoms with Gasteiger partial charge in [-0.2, -0.15) is 15.0 Å². The zero-order valence-electron chi connectivity index (χ0n) is 7.07. The van der Waals surface area contributed by atoms with Gasteiger partial charge >= 0.3 is 0 Å². The Hall–Kier alpha value is -0.650. The van der Waals surface area contributed by atoms with E-state index in [-0.39, 0.29) is 16.5 Å². The second kappa shape index (κ2) is 4.04. The molecule has 1 rings (SSSR count). The van der Waals surface area contributed by atoms with Crippen LogP contribution in [0.1, 0.15) is 6.92 Å². The first-order valence-electron chi connectivity index (χ1n) is 3.48. The molecule has 1 aromatic rings. The monoisotopic (exact) mass is 222 g/mol. The normalized spacial score (nSPS) is 12.7. The summed E-state index contributed by atoms with van der Waals surface area (Å²) in [5.74, 6) is 0.236.